The van der Waals surface area contributed by atoms with Crippen LogP contribution in [-0.4, -0.2) is 95.1 Å². The van der Waals surface area contributed by atoms with Crippen molar-refractivity contribution in [1.82, 2.24) is 35.0 Å². The molecule has 1 unspecified atom stereocenters. The molecule has 2 aliphatic heterocycles. The van der Waals surface area contributed by atoms with Crippen LogP contribution < -0.4 is 19.7 Å². The number of anilines is 3. The Morgan fingerprint density at radius 1 is 0.904 bits per heavy atom. The van der Waals surface area contributed by atoms with Gasteiger partial charge in [-0.25, -0.2) is 24.7 Å². The number of fused-ring (bicyclic) bond motifs is 1. The van der Waals surface area contributed by atoms with E-state index in [1.54, 1.807) is 18.5 Å². The van der Waals surface area contributed by atoms with Crippen LogP contribution in [0, 0.1) is 19.3 Å². The maximum atomic E-state index is 13.7. The lowest BCUT2D eigenvalue weighted by Gasteiger charge is -2.46. The van der Waals surface area contributed by atoms with Crippen LogP contribution in [0.4, 0.5) is 22.4 Å². The van der Waals surface area contributed by atoms with Gasteiger partial charge in [0.25, 0.3) is 0 Å². The van der Waals surface area contributed by atoms with Gasteiger partial charge in [-0.3, -0.25) is 9.31 Å². The predicted molar refractivity (Wildman–Crippen MR) is 201 cm³/mol. The van der Waals surface area contributed by atoms with Crippen molar-refractivity contribution in [2.24, 2.45) is 5.41 Å². The fourth-order valence-electron chi connectivity index (χ4n) is 6.50. The number of H-pyrrole nitrogens is 1. The van der Waals surface area contributed by atoms with Gasteiger partial charge < -0.3 is 29.3 Å². The lowest BCUT2D eigenvalue weighted by atomic mass is 9.71. The molecule has 3 aromatic heterocycles. The molecule has 0 bridgehead atoms. The summed E-state index contributed by atoms with van der Waals surface area (Å²) in [6.45, 7) is 19.1. The van der Waals surface area contributed by atoms with E-state index in [1.807, 2.05) is 66.4 Å². The number of nitrogens with one attached hydrogen (secondary N) is 2. The number of piperidine rings is 2. The van der Waals surface area contributed by atoms with E-state index in [2.05, 4.69) is 40.3 Å². The second-order valence-corrected chi connectivity index (χ2v) is 17.9. The summed E-state index contributed by atoms with van der Waals surface area (Å²) in [7, 11) is -1.40. The van der Waals surface area contributed by atoms with E-state index in [1.165, 1.54) is 6.33 Å². The van der Waals surface area contributed by atoms with Gasteiger partial charge in [0, 0.05) is 53.6 Å². The minimum atomic E-state index is -1.40. The van der Waals surface area contributed by atoms with Crippen molar-refractivity contribution in [2.45, 2.75) is 96.3 Å². The Morgan fingerprint density at radius 2 is 1.56 bits per heavy atom. The van der Waals surface area contributed by atoms with Crippen molar-refractivity contribution in [3.05, 3.63) is 42.1 Å². The van der Waals surface area contributed by atoms with Crippen LogP contribution in [-0.2, 0) is 15.5 Å². The van der Waals surface area contributed by atoms with Crippen LogP contribution in [0.5, 0.6) is 11.5 Å². The highest BCUT2D eigenvalue weighted by molar-refractivity contribution is 7.86. The third-order valence-electron chi connectivity index (χ3n) is 9.75. The Bertz CT molecular complexity index is 1900. The van der Waals surface area contributed by atoms with E-state index in [-0.39, 0.29) is 24.7 Å². The predicted octanol–water partition coefficient (Wildman–Crippen LogP) is 6.48. The molecule has 2 aliphatic rings. The number of aryl methyl sites for hydroxylation is 1. The number of amides is 1. The third kappa shape index (κ3) is 8.56. The number of likely N-dealkylation sites (tertiary alicyclic amines) is 1. The van der Waals surface area contributed by atoms with Gasteiger partial charge in [0.2, 0.25) is 5.95 Å². The fraction of sp³-hybridized carbons (Fsp3) is 0.568. The van der Waals surface area contributed by atoms with Crippen molar-refractivity contribution in [1.29, 1.82) is 0 Å². The first-order valence-electron chi connectivity index (χ1n) is 17.9. The van der Waals surface area contributed by atoms with E-state index in [4.69, 9.17) is 14.2 Å². The number of hydrogen-bond donors (Lipinski definition) is 2. The van der Waals surface area contributed by atoms with Crippen LogP contribution >= 0.6 is 0 Å². The summed E-state index contributed by atoms with van der Waals surface area (Å²) in [6, 6.07) is 3.64. The average Bonchev–Trinajstić information content (AvgIpc) is 3.41. The van der Waals surface area contributed by atoms with Crippen molar-refractivity contribution in [3.63, 3.8) is 0 Å². The molecule has 4 aromatic rings. The molecule has 0 radical (unpaired) electrons. The van der Waals surface area contributed by atoms with Gasteiger partial charge in [-0.2, -0.15) is 5.10 Å². The van der Waals surface area contributed by atoms with Crippen LogP contribution in [0.25, 0.3) is 10.9 Å². The molecule has 2 fully saturated rings. The molecule has 1 amide bonds. The summed E-state index contributed by atoms with van der Waals surface area (Å²) < 4.78 is 30.9. The summed E-state index contributed by atoms with van der Waals surface area (Å²) in [4.78, 5) is 35.3. The standard InChI is InChI=1S/C37H51N9O5S/c1-24-25(2)43-44-31(24)42-32-27-19-30(52(48)36(6,7)8)29(20-28(27)40-23-41-32)50-18-17-49-26-21-38-33(39-22-26)45-13-9-37(10-14-45)11-15-46(16-12-37)34(47)51-35(3,4)5/h19-23H,9-18H2,1-8H3,(H2,40,41,42,43,44). The van der Waals surface area contributed by atoms with Crippen molar-refractivity contribution in [3.8, 4) is 11.5 Å². The molecule has 0 aliphatic carbocycles. The van der Waals surface area contributed by atoms with E-state index in [9.17, 15) is 9.00 Å². The molecule has 52 heavy (non-hydrogen) atoms. The Hall–Kier alpha value is -4.53. The lowest BCUT2D eigenvalue weighted by Crippen LogP contribution is -2.49. The summed E-state index contributed by atoms with van der Waals surface area (Å²) >= 11 is 0. The smallest absolute Gasteiger partial charge is 0.410 e. The number of carbonyl (C=O) groups is 1. The van der Waals surface area contributed by atoms with Gasteiger partial charge >= 0.3 is 6.09 Å². The minimum absolute atomic E-state index is 0.211. The summed E-state index contributed by atoms with van der Waals surface area (Å²) in [5.74, 6) is 2.94. The molecular formula is C37H51N9O5S. The van der Waals surface area contributed by atoms with Crippen LogP contribution in [0.1, 0.15) is 78.5 Å². The van der Waals surface area contributed by atoms with E-state index >= 15 is 0 Å². The highest BCUT2D eigenvalue weighted by atomic mass is 32.2. The van der Waals surface area contributed by atoms with Gasteiger partial charge in [0.05, 0.1) is 33.6 Å². The Kier molecular flexibility index (Phi) is 10.6. The number of nitrogens with zero attached hydrogens (tertiary/aromatic N) is 7. The van der Waals surface area contributed by atoms with Gasteiger partial charge in [-0.15, -0.1) is 0 Å². The molecule has 15 heteroatoms. The summed E-state index contributed by atoms with van der Waals surface area (Å²) in [6.07, 6.45) is 8.70. The molecule has 1 spiro atoms. The number of benzene rings is 1. The zero-order valence-corrected chi connectivity index (χ0v) is 32.4. The van der Waals surface area contributed by atoms with E-state index < -0.39 is 21.1 Å². The van der Waals surface area contributed by atoms with E-state index in [0.29, 0.717) is 44.9 Å². The number of carbonyl (C=O) groups excluding carboxylic acids is 1. The molecule has 280 valence electrons. The molecule has 6 rings (SSSR count). The first-order valence-corrected chi connectivity index (χ1v) is 19.1. The molecular weight excluding hydrogens is 683 g/mol. The second kappa shape index (κ2) is 14.8. The Balaban J connectivity index is 1.04. The number of ether oxygens (including phenoxy) is 3. The van der Waals surface area contributed by atoms with Crippen molar-refractivity contribution in [2.75, 3.05) is 49.6 Å². The quantitative estimate of drug-likeness (QED) is 0.180. The Labute approximate surface area is 307 Å². The normalized spacial score (nSPS) is 16.9. The third-order valence-corrected chi connectivity index (χ3v) is 11.6. The minimum Gasteiger partial charge on any atom is -0.489 e. The van der Waals surface area contributed by atoms with Crippen LogP contribution in [0.2, 0.25) is 0 Å². The maximum absolute atomic E-state index is 13.7. The first-order chi connectivity index (χ1) is 24.6. The van der Waals surface area contributed by atoms with Crippen molar-refractivity contribution >= 4 is 45.4 Å². The van der Waals surface area contributed by atoms with Crippen LogP contribution in [0.15, 0.2) is 35.7 Å². The van der Waals surface area contributed by atoms with Crippen LogP contribution in [0.3, 0.4) is 0 Å². The second-order valence-electron chi connectivity index (χ2n) is 15.7. The monoisotopic (exact) mass is 733 g/mol. The van der Waals surface area contributed by atoms with Gasteiger partial charge in [-0.05, 0) is 92.6 Å². The van der Waals surface area contributed by atoms with Gasteiger partial charge in [0.1, 0.15) is 36.7 Å². The first kappa shape index (κ1) is 37.2. The maximum Gasteiger partial charge on any atom is 0.410 e. The zero-order chi connectivity index (χ0) is 37.3. The summed E-state index contributed by atoms with van der Waals surface area (Å²) in [5, 5.41) is 11.3. The van der Waals surface area contributed by atoms with Gasteiger partial charge in [0.15, 0.2) is 11.6 Å². The highest BCUT2D eigenvalue weighted by Crippen LogP contribution is 2.42. The summed E-state index contributed by atoms with van der Waals surface area (Å²) in [5.41, 5.74) is 2.35. The molecule has 14 nitrogen and oxygen atoms in total. The fourth-order valence-corrected chi connectivity index (χ4v) is 7.68. The Morgan fingerprint density at radius 3 is 2.17 bits per heavy atom. The number of aromatic nitrogens is 6. The largest absolute Gasteiger partial charge is 0.489 e. The zero-order valence-electron chi connectivity index (χ0n) is 31.5. The highest BCUT2D eigenvalue weighted by Gasteiger charge is 2.40. The van der Waals surface area contributed by atoms with Crippen molar-refractivity contribution < 1.29 is 23.2 Å². The lowest BCUT2D eigenvalue weighted by molar-refractivity contribution is 0.00662. The van der Waals surface area contributed by atoms with E-state index in [0.717, 1.165) is 63.1 Å². The molecule has 2 saturated heterocycles. The topological polar surface area (TPSA) is 161 Å². The number of hydrogen-bond acceptors (Lipinski definition) is 12. The molecule has 0 saturated carbocycles. The number of rotatable bonds is 9. The molecule has 2 N–H and O–H groups in total. The average molecular weight is 734 g/mol. The molecule has 5 heterocycles. The van der Waals surface area contributed by atoms with Gasteiger partial charge in [-0.1, -0.05) is 0 Å². The molecule has 1 aromatic carbocycles. The number of aromatic amines is 1. The SMILES string of the molecule is Cc1[nH]nc(Nc2ncnc3cc(OCCOc4cnc(N5CCC6(CCN(C(=O)OC(C)(C)C)CC6)CC5)nc4)c(S(=O)C(C)(C)C)cc23)c1C. The molecule has 1 atom stereocenters.